The van der Waals surface area contributed by atoms with Crippen LogP contribution in [0.3, 0.4) is 0 Å². The molecule has 106 valence electrons. The smallest absolute Gasteiger partial charge is 0.133 e. The fraction of sp³-hybridized carbons (Fsp3) is 0.357. The summed E-state index contributed by atoms with van der Waals surface area (Å²) >= 11 is 3.48. The average molecular weight is 307 g/mol. The van der Waals surface area contributed by atoms with Crippen molar-refractivity contribution in [1.29, 1.82) is 0 Å². The van der Waals surface area contributed by atoms with Crippen LogP contribution in [0.4, 0.5) is 0 Å². The summed E-state index contributed by atoms with van der Waals surface area (Å²) in [6.07, 6.45) is 0.843. The molecule has 0 fully saturated rings. The highest BCUT2D eigenvalue weighted by atomic mass is 32.2. The van der Waals surface area contributed by atoms with Crippen LogP contribution >= 0.6 is 23.1 Å². The van der Waals surface area contributed by atoms with Crippen molar-refractivity contribution in [2.24, 2.45) is 5.84 Å². The third kappa shape index (κ3) is 2.98. The van der Waals surface area contributed by atoms with E-state index in [1.165, 1.54) is 4.90 Å². The van der Waals surface area contributed by atoms with Gasteiger partial charge in [0.1, 0.15) is 11.9 Å². The van der Waals surface area contributed by atoms with E-state index in [0.29, 0.717) is 0 Å². The molecule has 0 amide bonds. The Labute approximate surface area is 126 Å². The fourth-order valence-corrected chi connectivity index (χ4v) is 3.96. The molecule has 0 spiro atoms. The van der Waals surface area contributed by atoms with Crippen LogP contribution in [0.15, 0.2) is 34.5 Å². The van der Waals surface area contributed by atoms with E-state index in [1.54, 1.807) is 11.3 Å². The molecule has 6 heteroatoms. The molecule has 0 saturated heterocycles. The molecule has 0 aliphatic carbocycles. The monoisotopic (exact) mass is 307 g/mol. The highest BCUT2D eigenvalue weighted by Crippen LogP contribution is 2.35. The summed E-state index contributed by atoms with van der Waals surface area (Å²) in [5.74, 6) is 7.56. The number of nitrogens with two attached hydrogens (primary N) is 1. The van der Waals surface area contributed by atoms with E-state index in [2.05, 4.69) is 21.9 Å². The molecule has 1 aliphatic rings. The molecule has 0 radical (unpaired) electrons. The summed E-state index contributed by atoms with van der Waals surface area (Å²) in [4.78, 5) is 5.70. The number of thioether (sulfide) groups is 1. The van der Waals surface area contributed by atoms with E-state index in [9.17, 15) is 0 Å². The number of hydrazine groups is 1. The van der Waals surface area contributed by atoms with Crippen LogP contribution in [0, 0.1) is 6.92 Å². The number of para-hydroxylation sites is 1. The predicted molar refractivity (Wildman–Crippen MR) is 83.2 cm³/mol. The van der Waals surface area contributed by atoms with Gasteiger partial charge in [0.05, 0.1) is 16.7 Å². The first kappa shape index (κ1) is 13.9. The first-order valence-corrected chi connectivity index (χ1v) is 8.38. The highest BCUT2D eigenvalue weighted by molar-refractivity contribution is 7.99. The zero-order chi connectivity index (χ0) is 13.9. The molecule has 20 heavy (non-hydrogen) atoms. The molecule has 0 bridgehead atoms. The molecule has 0 saturated carbocycles. The number of hydrogen-bond acceptors (Lipinski definition) is 6. The maximum Gasteiger partial charge on any atom is 0.133 e. The summed E-state index contributed by atoms with van der Waals surface area (Å²) in [6, 6.07) is 8.19. The van der Waals surface area contributed by atoms with Crippen molar-refractivity contribution in [1.82, 2.24) is 10.4 Å². The molecular weight excluding hydrogens is 290 g/mol. The Bertz CT molecular complexity index is 587. The largest absolute Gasteiger partial charge is 0.487 e. The minimum atomic E-state index is 0.0573. The van der Waals surface area contributed by atoms with Gasteiger partial charge in [0.15, 0.2) is 0 Å². The van der Waals surface area contributed by atoms with Gasteiger partial charge in [-0.1, -0.05) is 12.1 Å². The van der Waals surface area contributed by atoms with Crippen molar-refractivity contribution in [3.63, 3.8) is 0 Å². The Morgan fingerprint density at radius 2 is 2.35 bits per heavy atom. The summed E-state index contributed by atoms with van der Waals surface area (Å²) in [7, 11) is 0. The number of nitrogens with zero attached hydrogens (tertiary/aromatic N) is 1. The molecule has 2 aromatic rings. The Morgan fingerprint density at radius 1 is 1.50 bits per heavy atom. The van der Waals surface area contributed by atoms with Crippen LogP contribution in [-0.2, 0) is 6.42 Å². The third-order valence-corrected chi connectivity index (χ3v) is 5.25. The average Bonchev–Trinajstić information content (AvgIpc) is 2.89. The number of nitrogens with one attached hydrogen (secondary N) is 1. The number of thiazole rings is 1. The molecule has 1 aromatic heterocycles. The second-order valence-corrected chi connectivity index (χ2v) is 6.87. The molecule has 1 aliphatic heterocycles. The number of fused-ring (bicyclic) bond motifs is 1. The lowest BCUT2D eigenvalue weighted by atomic mass is 10.1. The summed E-state index contributed by atoms with van der Waals surface area (Å²) in [6.45, 7) is 2.02. The Balaban J connectivity index is 1.71. The minimum absolute atomic E-state index is 0.0573. The fourth-order valence-electron chi connectivity index (χ4n) is 2.26. The lowest BCUT2D eigenvalue weighted by Crippen LogP contribution is -2.50. The van der Waals surface area contributed by atoms with Gasteiger partial charge in [-0.25, -0.2) is 4.98 Å². The number of hydrogen-bond donors (Lipinski definition) is 2. The van der Waals surface area contributed by atoms with Crippen LogP contribution < -0.4 is 16.0 Å². The predicted octanol–water partition coefficient (Wildman–Crippen LogP) is 2.38. The van der Waals surface area contributed by atoms with Gasteiger partial charge in [-0.05, 0) is 19.1 Å². The van der Waals surface area contributed by atoms with Crippen molar-refractivity contribution in [3.8, 4) is 5.75 Å². The molecule has 1 aromatic carbocycles. The Kier molecular flexibility index (Phi) is 4.26. The highest BCUT2D eigenvalue weighted by Gasteiger charge is 2.28. The van der Waals surface area contributed by atoms with Gasteiger partial charge in [0.25, 0.3) is 0 Å². The van der Waals surface area contributed by atoms with Gasteiger partial charge >= 0.3 is 0 Å². The quantitative estimate of drug-likeness (QED) is 0.671. The normalized spacial score (nSPS) is 19.2. The first-order chi connectivity index (χ1) is 9.76. The zero-order valence-corrected chi connectivity index (χ0v) is 12.8. The van der Waals surface area contributed by atoms with Crippen molar-refractivity contribution < 1.29 is 4.74 Å². The van der Waals surface area contributed by atoms with E-state index in [0.717, 1.165) is 28.6 Å². The van der Waals surface area contributed by atoms with Gasteiger partial charge in [-0.3, -0.25) is 11.3 Å². The number of aryl methyl sites for hydroxylation is 1. The van der Waals surface area contributed by atoms with Gasteiger partial charge in [0.2, 0.25) is 0 Å². The van der Waals surface area contributed by atoms with E-state index in [1.807, 2.05) is 36.9 Å². The van der Waals surface area contributed by atoms with Crippen LogP contribution in [0.25, 0.3) is 0 Å². The van der Waals surface area contributed by atoms with Crippen LogP contribution in [0.5, 0.6) is 5.75 Å². The van der Waals surface area contributed by atoms with E-state index < -0.39 is 0 Å². The topological polar surface area (TPSA) is 60.2 Å². The van der Waals surface area contributed by atoms with Gasteiger partial charge in [0, 0.05) is 22.4 Å². The number of aromatic nitrogens is 1. The molecular formula is C14H17N3OS2. The number of benzene rings is 1. The van der Waals surface area contributed by atoms with Crippen LogP contribution in [0.1, 0.15) is 10.7 Å². The first-order valence-electron chi connectivity index (χ1n) is 6.52. The van der Waals surface area contributed by atoms with Crippen molar-refractivity contribution in [2.75, 3.05) is 5.75 Å². The molecule has 3 N–H and O–H groups in total. The van der Waals surface area contributed by atoms with Crippen molar-refractivity contribution in [2.45, 2.75) is 30.4 Å². The Hall–Kier alpha value is -1.08. The van der Waals surface area contributed by atoms with Crippen LogP contribution in [-0.4, -0.2) is 22.9 Å². The Morgan fingerprint density at radius 3 is 3.10 bits per heavy atom. The summed E-state index contributed by atoms with van der Waals surface area (Å²) in [5.41, 5.74) is 3.96. The second kappa shape index (κ2) is 6.13. The van der Waals surface area contributed by atoms with E-state index >= 15 is 0 Å². The number of rotatable bonds is 4. The van der Waals surface area contributed by atoms with E-state index in [4.69, 9.17) is 10.6 Å². The second-order valence-electron chi connectivity index (χ2n) is 4.75. The summed E-state index contributed by atoms with van der Waals surface area (Å²) < 4.78 is 6.08. The lowest BCUT2D eigenvalue weighted by molar-refractivity contribution is 0.165. The SMILES string of the molecule is Cc1nc(CC(NN)C2CSc3ccccc3O2)cs1. The third-order valence-electron chi connectivity index (χ3n) is 3.29. The standard InChI is InChI=1S/C14H17N3OS2/c1-9-16-10(7-19-9)6-11(17-15)13-8-20-14-5-3-2-4-12(14)18-13/h2-5,7,11,13,17H,6,8,15H2,1H3. The van der Waals surface area contributed by atoms with Gasteiger partial charge < -0.3 is 4.74 Å². The molecule has 2 atom stereocenters. The van der Waals surface area contributed by atoms with Gasteiger partial charge in [-0.2, -0.15) is 0 Å². The zero-order valence-electron chi connectivity index (χ0n) is 11.2. The minimum Gasteiger partial charge on any atom is -0.487 e. The maximum absolute atomic E-state index is 6.08. The van der Waals surface area contributed by atoms with Crippen LogP contribution in [0.2, 0.25) is 0 Å². The van der Waals surface area contributed by atoms with Gasteiger partial charge in [-0.15, -0.1) is 23.1 Å². The van der Waals surface area contributed by atoms with Crippen molar-refractivity contribution >= 4 is 23.1 Å². The molecule has 2 unspecified atom stereocenters. The molecule has 4 nitrogen and oxygen atoms in total. The lowest BCUT2D eigenvalue weighted by Gasteiger charge is -2.31. The molecule has 2 heterocycles. The summed E-state index contributed by atoms with van der Waals surface area (Å²) in [5, 5.41) is 3.17. The number of ether oxygens (including phenoxy) is 1. The van der Waals surface area contributed by atoms with Crippen molar-refractivity contribution in [3.05, 3.63) is 40.3 Å². The van der Waals surface area contributed by atoms with E-state index in [-0.39, 0.29) is 12.1 Å². The maximum atomic E-state index is 6.08. The molecule has 3 rings (SSSR count).